The van der Waals surface area contributed by atoms with E-state index >= 15 is 0 Å². The Morgan fingerprint density at radius 1 is 0.250 bits per heavy atom. The summed E-state index contributed by atoms with van der Waals surface area (Å²) >= 11 is 0. The predicted molar refractivity (Wildman–Crippen MR) is 332 cm³/mol. The van der Waals surface area contributed by atoms with Crippen molar-refractivity contribution >= 4 is 71.7 Å². The number of benzene rings is 13. The molecule has 3 nitrogen and oxygen atoms in total. The van der Waals surface area contributed by atoms with Gasteiger partial charge in [-0.25, -0.2) is 0 Å². The first-order valence-electron chi connectivity index (χ1n) is 27.5. The van der Waals surface area contributed by atoms with Gasteiger partial charge in [0.15, 0.2) is 0 Å². The zero-order valence-electron chi connectivity index (χ0n) is 43.6. The first-order valence-corrected chi connectivity index (χ1v) is 27.5. The van der Waals surface area contributed by atoms with Crippen LogP contribution in [0.4, 0.5) is 17.1 Å². The average Bonchev–Trinajstić information content (AvgIpc) is 4.38. The van der Waals surface area contributed by atoms with Crippen LogP contribution in [-0.4, -0.2) is 0 Å². The predicted octanol–water partition coefficient (Wildman–Crippen LogP) is 21.1. The Balaban J connectivity index is 0.812. The van der Waals surface area contributed by atoms with Gasteiger partial charge in [-0.05, 0) is 126 Å². The minimum absolute atomic E-state index is 0.554. The lowest BCUT2D eigenvalue weighted by atomic mass is 9.67. The molecule has 16 rings (SSSR count). The van der Waals surface area contributed by atoms with E-state index in [1.165, 1.54) is 60.8 Å². The van der Waals surface area contributed by atoms with Crippen LogP contribution in [0.2, 0.25) is 0 Å². The van der Waals surface area contributed by atoms with E-state index in [1.807, 2.05) is 24.3 Å². The second kappa shape index (κ2) is 18.3. The molecule has 0 spiro atoms. The maximum Gasteiger partial charge on any atom is 0.143 e. The van der Waals surface area contributed by atoms with Crippen molar-refractivity contribution in [3.8, 4) is 55.6 Å². The van der Waals surface area contributed by atoms with Crippen LogP contribution in [0.1, 0.15) is 22.3 Å². The molecule has 1 aliphatic carbocycles. The summed E-state index contributed by atoms with van der Waals surface area (Å²) in [5, 5.41) is 6.98. The van der Waals surface area contributed by atoms with Crippen molar-refractivity contribution in [3.05, 3.63) is 320 Å². The molecular formula is C77H49NO2. The third-order valence-corrected chi connectivity index (χ3v) is 16.8. The fourth-order valence-corrected chi connectivity index (χ4v) is 13.2. The molecule has 374 valence electrons. The van der Waals surface area contributed by atoms with E-state index in [9.17, 15) is 0 Å². The molecular weight excluding hydrogens is 971 g/mol. The Morgan fingerprint density at radius 2 is 0.637 bits per heavy atom. The van der Waals surface area contributed by atoms with E-state index in [-0.39, 0.29) is 0 Å². The van der Waals surface area contributed by atoms with Crippen LogP contribution in [0.3, 0.4) is 0 Å². The van der Waals surface area contributed by atoms with E-state index in [0.29, 0.717) is 0 Å². The van der Waals surface area contributed by atoms with Crippen molar-refractivity contribution in [3.63, 3.8) is 0 Å². The van der Waals surface area contributed by atoms with Crippen LogP contribution >= 0.6 is 0 Å². The number of fused-ring (bicyclic) bond motifs is 10. The normalized spacial score (nSPS) is 13.8. The fraction of sp³-hybridized carbons (Fsp3) is 0.0130. The second-order valence-corrected chi connectivity index (χ2v) is 21.0. The van der Waals surface area contributed by atoms with Gasteiger partial charge in [0.1, 0.15) is 22.3 Å². The molecule has 0 radical (unpaired) electrons. The molecule has 0 amide bonds. The number of para-hydroxylation sites is 4. The van der Waals surface area contributed by atoms with E-state index < -0.39 is 5.41 Å². The van der Waals surface area contributed by atoms with Crippen molar-refractivity contribution in [2.45, 2.75) is 5.41 Å². The first kappa shape index (κ1) is 45.7. The van der Waals surface area contributed by atoms with E-state index in [4.69, 9.17) is 8.83 Å². The van der Waals surface area contributed by atoms with Gasteiger partial charge in [-0.3, -0.25) is 0 Å². The highest BCUT2D eigenvalue weighted by Gasteiger charge is 2.47. The molecule has 2 heterocycles. The summed E-state index contributed by atoms with van der Waals surface area (Å²) in [6, 6.07) is 108. The largest absolute Gasteiger partial charge is 0.455 e. The van der Waals surface area contributed by atoms with Crippen LogP contribution in [0.15, 0.2) is 306 Å². The lowest BCUT2D eigenvalue weighted by molar-refractivity contribution is 0.669. The Kier molecular flexibility index (Phi) is 10.5. The van der Waals surface area contributed by atoms with Crippen molar-refractivity contribution in [2.24, 2.45) is 0 Å². The quantitative estimate of drug-likeness (QED) is 0.144. The van der Waals surface area contributed by atoms with Gasteiger partial charge in [-0.2, -0.15) is 0 Å². The summed E-state index contributed by atoms with van der Waals surface area (Å²) in [6.45, 7) is 0. The van der Waals surface area contributed by atoms with Gasteiger partial charge in [0.25, 0.3) is 0 Å². The molecule has 0 N–H and O–H groups in total. The molecule has 15 aromatic rings. The van der Waals surface area contributed by atoms with E-state index in [2.05, 4.69) is 278 Å². The maximum atomic E-state index is 6.51. The highest BCUT2D eigenvalue weighted by molar-refractivity contribution is 6.11. The summed E-state index contributed by atoms with van der Waals surface area (Å²) in [4.78, 5) is 2.36. The fourth-order valence-electron chi connectivity index (χ4n) is 13.2. The van der Waals surface area contributed by atoms with Gasteiger partial charge in [-0.1, -0.05) is 249 Å². The summed E-state index contributed by atoms with van der Waals surface area (Å²) in [5.74, 6) is 0. The summed E-state index contributed by atoms with van der Waals surface area (Å²) in [6.07, 6.45) is 0. The Bertz CT molecular complexity index is 4690. The lowest BCUT2D eigenvalue weighted by Crippen LogP contribution is -2.28. The monoisotopic (exact) mass is 1020 g/mol. The van der Waals surface area contributed by atoms with Crippen molar-refractivity contribution in [2.75, 3.05) is 4.90 Å². The molecule has 2 aromatic heterocycles. The van der Waals surface area contributed by atoms with Gasteiger partial charge in [0.05, 0.1) is 5.41 Å². The average molecular weight is 1020 g/mol. The number of furan rings is 2. The number of hydrogen-bond acceptors (Lipinski definition) is 3. The van der Waals surface area contributed by atoms with Gasteiger partial charge < -0.3 is 13.7 Å². The molecule has 1 unspecified atom stereocenters. The van der Waals surface area contributed by atoms with E-state index in [1.54, 1.807) is 0 Å². The Labute approximate surface area is 463 Å². The Morgan fingerprint density at radius 3 is 1.25 bits per heavy atom. The number of nitrogens with zero attached hydrogens (tertiary/aromatic N) is 1. The van der Waals surface area contributed by atoms with Crippen molar-refractivity contribution < 1.29 is 8.83 Å². The number of rotatable bonds is 9. The number of hydrogen-bond donors (Lipinski definition) is 0. The molecule has 0 bridgehead atoms. The molecule has 80 heavy (non-hydrogen) atoms. The zero-order chi connectivity index (χ0) is 52.7. The molecule has 0 saturated heterocycles. The molecule has 1 atom stereocenters. The van der Waals surface area contributed by atoms with Crippen LogP contribution in [0.5, 0.6) is 0 Å². The maximum absolute atomic E-state index is 6.51. The summed E-state index contributed by atoms with van der Waals surface area (Å²) in [5.41, 5.74) is 22.8. The summed E-state index contributed by atoms with van der Waals surface area (Å²) in [7, 11) is 0. The van der Waals surface area contributed by atoms with Crippen molar-refractivity contribution in [1.82, 2.24) is 0 Å². The van der Waals surface area contributed by atoms with Gasteiger partial charge >= 0.3 is 0 Å². The van der Waals surface area contributed by atoms with Gasteiger partial charge in [0, 0.05) is 49.7 Å². The zero-order valence-corrected chi connectivity index (χ0v) is 43.6. The summed E-state index contributed by atoms with van der Waals surface area (Å²) < 4.78 is 13.0. The second-order valence-electron chi connectivity index (χ2n) is 21.0. The molecule has 1 aliphatic rings. The van der Waals surface area contributed by atoms with Crippen molar-refractivity contribution in [1.29, 1.82) is 0 Å². The SMILES string of the molecule is c1ccc(C2(c3ccc(-c4cccc5ccccc45)cc3)c3ccccc3-c3c(-c4ccc(N(c5ccc(-c6cccc7c6oc6ccccc67)cc5)c5ccc(-c6cccc7c6oc6ccccc67)cc5)cc4)cccc32)cc1. The smallest absolute Gasteiger partial charge is 0.143 e. The van der Waals surface area contributed by atoms with Gasteiger partial charge in [-0.15, -0.1) is 0 Å². The molecule has 13 aromatic carbocycles. The molecule has 3 heteroatoms. The highest BCUT2D eigenvalue weighted by Crippen LogP contribution is 2.58. The minimum atomic E-state index is -0.554. The number of anilines is 3. The molecule has 0 aliphatic heterocycles. The van der Waals surface area contributed by atoms with Crippen LogP contribution in [-0.2, 0) is 5.41 Å². The molecule has 0 saturated carbocycles. The molecule has 0 fully saturated rings. The first-order chi connectivity index (χ1) is 39.7. The lowest BCUT2D eigenvalue weighted by Gasteiger charge is -2.34. The highest BCUT2D eigenvalue weighted by atomic mass is 16.3. The third kappa shape index (κ3) is 7.07. The van der Waals surface area contributed by atoms with E-state index in [0.717, 1.165) is 88.8 Å². The standard InChI is InChI=1S/C77H49NO2/c1-2-18-55(19-3-1)77(56-42-34-51(35-43-56)61-24-12-17-50-16-4-5-20-60(50)61)70-30-9-6-23-69(70)74-62(25-15-31-71(74)77)52-36-44-57(45-37-52)78(58-46-38-53(39-47-58)63-26-13-28-67-65-21-7-10-32-72(65)79-75(63)67)59-48-40-54(41-49-59)64-27-14-29-68-66-22-8-11-33-73(66)80-76(64)68/h1-49H. The minimum Gasteiger partial charge on any atom is -0.455 e. The third-order valence-electron chi connectivity index (χ3n) is 16.8. The Hall–Kier alpha value is -10.5. The van der Waals surface area contributed by atoms with Crippen LogP contribution in [0.25, 0.3) is 110 Å². The van der Waals surface area contributed by atoms with Gasteiger partial charge in [0.2, 0.25) is 0 Å². The van der Waals surface area contributed by atoms with Crippen LogP contribution < -0.4 is 4.90 Å². The topological polar surface area (TPSA) is 29.5 Å². The van der Waals surface area contributed by atoms with Crippen LogP contribution in [0, 0.1) is 0 Å².